The molecule has 0 spiro atoms. The van der Waals surface area contributed by atoms with Crippen LogP contribution in [0.4, 0.5) is 17.5 Å². The molecular weight excluding hydrogens is 307 g/mol. The highest BCUT2D eigenvalue weighted by atomic mass is 35.5. The third kappa shape index (κ3) is 4.48. The topological polar surface area (TPSA) is 49.8 Å². The van der Waals surface area contributed by atoms with E-state index in [1.165, 1.54) is 0 Å². The van der Waals surface area contributed by atoms with E-state index >= 15 is 0 Å². The minimum atomic E-state index is 0.463. The molecule has 4 nitrogen and oxygen atoms in total. The highest BCUT2D eigenvalue weighted by Gasteiger charge is 2.07. The molecule has 1 heterocycles. The Labute approximate surface area is 134 Å². The molecule has 0 aliphatic carbocycles. The van der Waals surface area contributed by atoms with Crippen molar-refractivity contribution in [1.29, 1.82) is 0 Å². The van der Waals surface area contributed by atoms with Crippen LogP contribution in [0.3, 0.4) is 0 Å². The molecule has 6 heteroatoms. The second-order valence-corrected chi connectivity index (χ2v) is 5.51. The van der Waals surface area contributed by atoms with Crippen molar-refractivity contribution >= 4 is 40.7 Å². The van der Waals surface area contributed by atoms with Gasteiger partial charge in [0.1, 0.15) is 5.82 Å². The number of halogens is 2. The molecule has 0 aliphatic heterocycles. The van der Waals surface area contributed by atoms with Gasteiger partial charge in [-0.2, -0.15) is 4.98 Å². The van der Waals surface area contributed by atoms with Gasteiger partial charge in [0.15, 0.2) is 0 Å². The molecule has 0 bridgehead atoms. The number of aromatic nitrogens is 2. The highest BCUT2D eigenvalue weighted by molar-refractivity contribution is 6.43. The lowest BCUT2D eigenvalue weighted by Gasteiger charge is -2.11. The van der Waals surface area contributed by atoms with Crippen molar-refractivity contribution in [1.82, 2.24) is 9.97 Å². The van der Waals surface area contributed by atoms with Gasteiger partial charge in [0.2, 0.25) is 5.95 Å². The first-order chi connectivity index (χ1) is 10.1. The fraction of sp³-hybridized carbons (Fsp3) is 0.333. The van der Waals surface area contributed by atoms with Gasteiger partial charge < -0.3 is 10.6 Å². The fourth-order valence-electron chi connectivity index (χ4n) is 1.83. The van der Waals surface area contributed by atoms with Gasteiger partial charge in [-0.15, -0.1) is 0 Å². The van der Waals surface area contributed by atoms with Crippen LogP contribution in [0.15, 0.2) is 24.3 Å². The van der Waals surface area contributed by atoms with E-state index in [4.69, 9.17) is 23.2 Å². The number of benzene rings is 1. The molecule has 112 valence electrons. The Morgan fingerprint density at radius 3 is 2.76 bits per heavy atom. The summed E-state index contributed by atoms with van der Waals surface area (Å²) < 4.78 is 0. The number of nitrogens with one attached hydrogen (secondary N) is 2. The quantitative estimate of drug-likeness (QED) is 0.730. The SMILES string of the molecule is CCCCNc1cc(C)nc(Nc2cccc(Cl)c2Cl)n1. The standard InChI is InChI=1S/C15H18Cl2N4/c1-3-4-8-18-13-9-10(2)19-15(21-13)20-12-7-5-6-11(16)14(12)17/h5-7,9H,3-4,8H2,1-2H3,(H2,18,19,20,21). The van der Waals surface area contributed by atoms with Crippen LogP contribution >= 0.6 is 23.2 Å². The van der Waals surface area contributed by atoms with E-state index in [1.54, 1.807) is 6.07 Å². The maximum absolute atomic E-state index is 6.16. The van der Waals surface area contributed by atoms with Gasteiger partial charge in [0.25, 0.3) is 0 Å². The van der Waals surface area contributed by atoms with E-state index in [9.17, 15) is 0 Å². The number of aryl methyl sites for hydroxylation is 1. The lowest BCUT2D eigenvalue weighted by molar-refractivity contribution is 0.830. The zero-order valence-corrected chi connectivity index (χ0v) is 13.6. The zero-order valence-electron chi connectivity index (χ0n) is 12.1. The summed E-state index contributed by atoms with van der Waals surface area (Å²) in [6, 6.07) is 7.32. The molecule has 0 saturated heterocycles. The van der Waals surface area contributed by atoms with Gasteiger partial charge >= 0.3 is 0 Å². The molecule has 2 aromatic rings. The largest absolute Gasteiger partial charge is 0.370 e. The van der Waals surface area contributed by atoms with Crippen molar-refractivity contribution in [3.05, 3.63) is 40.0 Å². The van der Waals surface area contributed by atoms with Crippen molar-refractivity contribution in [2.45, 2.75) is 26.7 Å². The number of rotatable bonds is 6. The maximum Gasteiger partial charge on any atom is 0.229 e. The lowest BCUT2D eigenvalue weighted by Crippen LogP contribution is -2.06. The van der Waals surface area contributed by atoms with Crippen LogP contribution in [-0.2, 0) is 0 Å². The van der Waals surface area contributed by atoms with E-state index in [-0.39, 0.29) is 0 Å². The molecule has 1 aromatic carbocycles. The van der Waals surface area contributed by atoms with Crippen molar-refractivity contribution < 1.29 is 0 Å². The molecular formula is C15H18Cl2N4. The Morgan fingerprint density at radius 2 is 2.00 bits per heavy atom. The third-order valence-corrected chi connectivity index (χ3v) is 3.71. The summed E-state index contributed by atoms with van der Waals surface area (Å²) in [5, 5.41) is 7.35. The second-order valence-electron chi connectivity index (χ2n) is 4.72. The van der Waals surface area contributed by atoms with E-state index < -0.39 is 0 Å². The van der Waals surface area contributed by atoms with Crippen LogP contribution in [0.2, 0.25) is 10.0 Å². The van der Waals surface area contributed by atoms with Crippen LogP contribution in [0.25, 0.3) is 0 Å². The molecule has 2 N–H and O–H groups in total. The maximum atomic E-state index is 6.16. The van der Waals surface area contributed by atoms with Gasteiger partial charge in [-0.05, 0) is 25.5 Å². The van der Waals surface area contributed by atoms with Crippen LogP contribution in [-0.4, -0.2) is 16.5 Å². The molecule has 21 heavy (non-hydrogen) atoms. The molecule has 0 fully saturated rings. The van der Waals surface area contributed by atoms with E-state index in [1.807, 2.05) is 25.1 Å². The molecule has 0 saturated carbocycles. The monoisotopic (exact) mass is 324 g/mol. The average Bonchev–Trinajstić information content (AvgIpc) is 2.44. The van der Waals surface area contributed by atoms with Crippen LogP contribution in [0.5, 0.6) is 0 Å². The smallest absolute Gasteiger partial charge is 0.229 e. The number of nitrogens with zero attached hydrogens (tertiary/aromatic N) is 2. The number of hydrogen-bond donors (Lipinski definition) is 2. The van der Waals surface area contributed by atoms with Crippen molar-refractivity contribution in [3.8, 4) is 0 Å². The minimum absolute atomic E-state index is 0.463. The second kappa shape index (κ2) is 7.48. The predicted molar refractivity (Wildman–Crippen MR) is 89.9 cm³/mol. The Kier molecular flexibility index (Phi) is 5.65. The van der Waals surface area contributed by atoms with Gasteiger partial charge in [0, 0.05) is 18.3 Å². The van der Waals surface area contributed by atoms with Crippen LogP contribution in [0, 0.1) is 6.92 Å². The summed E-state index contributed by atoms with van der Waals surface area (Å²) >= 11 is 12.2. The summed E-state index contributed by atoms with van der Waals surface area (Å²) in [7, 11) is 0. The predicted octanol–water partition coefficient (Wildman–Crippen LogP) is 5.05. The minimum Gasteiger partial charge on any atom is -0.370 e. The van der Waals surface area contributed by atoms with Crippen molar-refractivity contribution in [2.24, 2.45) is 0 Å². The van der Waals surface area contributed by atoms with E-state index in [0.717, 1.165) is 30.9 Å². The summed E-state index contributed by atoms with van der Waals surface area (Å²) in [5.74, 6) is 1.30. The molecule has 0 radical (unpaired) electrons. The van der Waals surface area contributed by atoms with Crippen LogP contribution in [0.1, 0.15) is 25.5 Å². The van der Waals surface area contributed by atoms with E-state index in [2.05, 4.69) is 27.5 Å². The highest BCUT2D eigenvalue weighted by Crippen LogP contribution is 2.31. The molecule has 0 atom stereocenters. The number of anilines is 3. The van der Waals surface area contributed by atoms with Crippen molar-refractivity contribution in [2.75, 3.05) is 17.2 Å². The Hall–Kier alpha value is -1.52. The number of unbranched alkanes of at least 4 members (excludes halogenated alkanes) is 1. The normalized spacial score (nSPS) is 10.5. The van der Waals surface area contributed by atoms with E-state index in [0.29, 0.717) is 21.7 Å². The van der Waals surface area contributed by atoms with Gasteiger partial charge in [0.05, 0.1) is 15.7 Å². The summed E-state index contributed by atoms with van der Waals surface area (Å²) in [6.07, 6.45) is 2.24. The summed E-state index contributed by atoms with van der Waals surface area (Å²) in [5.41, 5.74) is 1.57. The molecule has 1 aromatic heterocycles. The lowest BCUT2D eigenvalue weighted by atomic mass is 10.3. The first-order valence-corrected chi connectivity index (χ1v) is 7.66. The first kappa shape index (κ1) is 15.9. The fourth-order valence-corrected chi connectivity index (χ4v) is 2.18. The summed E-state index contributed by atoms with van der Waals surface area (Å²) in [4.78, 5) is 8.80. The third-order valence-electron chi connectivity index (χ3n) is 2.89. The summed E-state index contributed by atoms with van der Waals surface area (Å²) in [6.45, 7) is 4.97. The molecule has 0 amide bonds. The average molecular weight is 325 g/mol. The first-order valence-electron chi connectivity index (χ1n) is 6.90. The van der Waals surface area contributed by atoms with Crippen LogP contribution < -0.4 is 10.6 Å². The van der Waals surface area contributed by atoms with Gasteiger partial charge in [-0.3, -0.25) is 0 Å². The van der Waals surface area contributed by atoms with Gasteiger partial charge in [-0.25, -0.2) is 4.98 Å². The van der Waals surface area contributed by atoms with Gasteiger partial charge in [-0.1, -0.05) is 42.6 Å². The zero-order chi connectivity index (χ0) is 15.2. The molecule has 2 rings (SSSR count). The number of hydrogen-bond acceptors (Lipinski definition) is 4. The Balaban J connectivity index is 2.17. The molecule has 0 unspecified atom stereocenters. The van der Waals surface area contributed by atoms with Crippen molar-refractivity contribution in [3.63, 3.8) is 0 Å². The Morgan fingerprint density at radius 1 is 1.19 bits per heavy atom. The molecule has 0 aliphatic rings. The Bertz CT molecular complexity index is 617.